The summed E-state index contributed by atoms with van der Waals surface area (Å²) in [5.74, 6) is 0. The molecule has 0 bridgehead atoms. The first-order chi connectivity index (χ1) is 11.4. The van der Waals surface area contributed by atoms with Gasteiger partial charge in [0.25, 0.3) is 0 Å². The summed E-state index contributed by atoms with van der Waals surface area (Å²) in [6, 6.07) is 14.9. The number of hydrogen-bond donors (Lipinski definition) is 1. The van der Waals surface area contributed by atoms with Crippen LogP contribution in [0.1, 0.15) is 11.1 Å². The number of sulfonamides is 1. The first kappa shape index (κ1) is 17.4. The first-order valence-corrected chi connectivity index (χ1v) is 9.92. The van der Waals surface area contributed by atoms with E-state index in [9.17, 15) is 8.42 Å². The predicted octanol–water partition coefficient (Wildman–Crippen LogP) is 1.74. The van der Waals surface area contributed by atoms with Crippen LogP contribution in [-0.4, -0.2) is 38.9 Å². The minimum atomic E-state index is -3.38. The lowest BCUT2D eigenvalue weighted by Crippen LogP contribution is -3.13. The van der Waals surface area contributed by atoms with Gasteiger partial charge in [0.15, 0.2) is 0 Å². The fraction of sp³-hybridized carbons (Fsp3) is 0.333. The van der Waals surface area contributed by atoms with Gasteiger partial charge in [-0.05, 0) is 31.2 Å². The third kappa shape index (κ3) is 3.98. The average Bonchev–Trinajstić information content (AvgIpc) is 2.58. The van der Waals surface area contributed by atoms with E-state index in [-0.39, 0.29) is 0 Å². The quantitative estimate of drug-likeness (QED) is 0.896. The standard InChI is InChI=1S/C18H21ClN2O2S/c1-15-2-8-18(9-3-15)24(22,23)21-12-10-20(11-13-21)14-16-4-6-17(19)7-5-16/h2-9H,10-14H2,1H3/p+1. The minimum absolute atomic E-state index is 0.384. The molecular formula is C18H22ClN2O2S+. The van der Waals surface area contributed by atoms with Crippen molar-refractivity contribution in [3.63, 3.8) is 0 Å². The Morgan fingerprint density at radius 1 is 1.00 bits per heavy atom. The second-order valence-corrected chi connectivity index (χ2v) is 8.64. The van der Waals surface area contributed by atoms with Gasteiger partial charge in [-0.25, -0.2) is 8.42 Å². The summed E-state index contributed by atoms with van der Waals surface area (Å²) >= 11 is 5.91. The van der Waals surface area contributed by atoms with Gasteiger partial charge >= 0.3 is 0 Å². The lowest BCUT2D eigenvalue weighted by Gasteiger charge is -2.31. The van der Waals surface area contributed by atoms with Gasteiger partial charge in [0, 0.05) is 10.6 Å². The van der Waals surface area contributed by atoms with E-state index < -0.39 is 10.0 Å². The van der Waals surface area contributed by atoms with Gasteiger partial charge < -0.3 is 4.90 Å². The molecule has 1 saturated heterocycles. The number of rotatable bonds is 4. The summed E-state index contributed by atoms with van der Waals surface area (Å²) in [5, 5.41) is 0.739. The van der Waals surface area contributed by atoms with Gasteiger partial charge in [-0.2, -0.15) is 4.31 Å². The number of nitrogens with zero attached hydrogens (tertiary/aromatic N) is 1. The molecule has 0 unspecified atom stereocenters. The zero-order valence-electron chi connectivity index (χ0n) is 13.7. The Balaban J connectivity index is 1.62. The van der Waals surface area contributed by atoms with Crippen molar-refractivity contribution in [3.8, 4) is 0 Å². The highest BCUT2D eigenvalue weighted by atomic mass is 35.5. The topological polar surface area (TPSA) is 41.8 Å². The molecule has 3 rings (SSSR count). The van der Waals surface area contributed by atoms with Gasteiger partial charge in [0.2, 0.25) is 10.0 Å². The van der Waals surface area contributed by atoms with Crippen LogP contribution in [-0.2, 0) is 16.6 Å². The Morgan fingerprint density at radius 3 is 2.17 bits per heavy atom. The second-order valence-electron chi connectivity index (χ2n) is 6.27. The first-order valence-electron chi connectivity index (χ1n) is 8.10. The van der Waals surface area contributed by atoms with Crippen LogP contribution in [0.25, 0.3) is 0 Å². The van der Waals surface area contributed by atoms with Crippen LogP contribution in [0.2, 0.25) is 5.02 Å². The maximum Gasteiger partial charge on any atom is 0.243 e. The van der Waals surface area contributed by atoms with E-state index in [2.05, 4.69) is 0 Å². The van der Waals surface area contributed by atoms with Crippen molar-refractivity contribution in [2.24, 2.45) is 0 Å². The van der Waals surface area contributed by atoms with Crippen molar-refractivity contribution in [2.45, 2.75) is 18.4 Å². The highest BCUT2D eigenvalue weighted by Gasteiger charge is 2.30. The Bertz CT molecular complexity index is 781. The molecule has 24 heavy (non-hydrogen) atoms. The van der Waals surface area contributed by atoms with Crippen molar-refractivity contribution in [1.29, 1.82) is 0 Å². The summed E-state index contributed by atoms with van der Waals surface area (Å²) in [6.45, 7) is 5.59. The molecule has 128 valence electrons. The SMILES string of the molecule is Cc1ccc(S(=O)(=O)N2CC[NH+](Cc3ccc(Cl)cc3)CC2)cc1. The molecule has 1 fully saturated rings. The van der Waals surface area contributed by atoms with Gasteiger partial charge in [-0.1, -0.05) is 41.4 Å². The average molecular weight is 366 g/mol. The van der Waals surface area contributed by atoms with Crippen LogP contribution in [0, 0.1) is 6.92 Å². The van der Waals surface area contributed by atoms with Gasteiger partial charge in [-0.3, -0.25) is 0 Å². The fourth-order valence-electron chi connectivity index (χ4n) is 2.97. The third-order valence-electron chi connectivity index (χ3n) is 4.46. The van der Waals surface area contributed by atoms with E-state index in [1.54, 1.807) is 16.4 Å². The lowest BCUT2D eigenvalue weighted by molar-refractivity contribution is -0.917. The molecule has 6 heteroatoms. The van der Waals surface area contributed by atoms with E-state index in [1.165, 1.54) is 10.5 Å². The van der Waals surface area contributed by atoms with Crippen molar-refractivity contribution < 1.29 is 13.3 Å². The molecule has 0 saturated carbocycles. The van der Waals surface area contributed by atoms with Crippen molar-refractivity contribution >= 4 is 21.6 Å². The molecule has 0 aliphatic carbocycles. The smallest absolute Gasteiger partial charge is 0.243 e. The van der Waals surface area contributed by atoms with Crippen LogP contribution in [0.15, 0.2) is 53.4 Å². The Labute approximate surface area is 148 Å². The number of hydrogen-bond acceptors (Lipinski definition) is 2. The second kappa shape index (κ2) is 7.23. The number of halogens is 1. The number of quaternary nitrogens is 1. The molecule has 0 spiro atoms. The predicted molar refractivity (Wildman–Crippen MR) is 95.8 cm³/mol. The molecule has 0 aromatic heterocycles. The molecule has 2 aromatic carbocycles. The molecule has 0 amide bonds. The van der Waals surface area contributed by atoms with Gasteiger partial charge in [-0.15, -0.1) is 0 Å². The summed E-state index contributed by atoms with van der Waals surface area (Å²) in [6.07, 6.45) is 0. The summed E-state index contributed by atoms with van der Waals surface area (Å²) in [5.41, 5.74) is 2.29. The normalized spacial score (nSPS) is 17.1. The van der Waals surface area contributed by atoms with Crippen molar-refractivity contribution in [1.82, 2.24) is 4.31 Å². The number of nitrogens with one attached hydrogen (secondary N) is 1. The molecule has 4 nitrogen and oxygen atoms in total. The van der Waals surface area contributed by atoms with E-state index in [4.69, 9.17) is 11.6 Å². The molecular weight excluding hydrogens is 344 g/mol. The molecule has 0 radical (unpaired) electrons. The Hall–Kier alpha value is -1.40. The Morgan fingerprint density at radius 2 is 1.58 bits per heavy atom. The van der Waals surface area contributed by atoms with E-state index in [1.807, 2.05) is 43.3 Å². The summed E-state index contributed by atoms with van der Waals surface area (Å²) in [7, 11) is -3.38. The minimum Gasteiger partial charge on any atom is -0.329 e. The van der Waals surface area contributed by atoms with Crippen molar-refractivity contribution in [3.05, 3.63) is 64.7 Å². The maximum atomic E-state index is 12.7. The third-order valence-corrected chi connectivity index (χ3v) is 6.62. The molecule has 1 aliphatic rings. The number of benzene rings is 2. The Kier molecular flexibility index (Phi) is 5.25. The molecule has 1 aliphatic heterocycles. The summed E-state index contributed by atoms with van der Waals surface area (Å²) < 4.78 is 27.0. The maximum absolute atomic E-state index is 12.7. The lowest BCUT2D eigenvalue weighted by atomic mass is 10.2. The van der Waals surface area contributed by atoms with Gasteiger partial charge in [0.05, 0.1) is 31.1 Å². The van der Waals surface area contributed by atoms with Crippen molar-refractivity contribution in [2.75, 3.05) is 26.2 Å². The van der Waals surface area contributed by atoms with E-state index in [0.717, 1.165) is 30.2 Å². The molecule has 2 aromatic rings. The number of piperazine rings is 1. The molecule has 1 N–H and O–H groups in total. The largest absolute Gasteiger partial charge is 0.329 e. The highest BCUT2D eigenvalue weighted by Crippen LogP contribution is 2.16. The monoisotopic (exact) mass is 365 g/mol. The number of aryl methyl sites for hydroxylation is 1. The highest BCUT2D eigenvalue weighted by molar-refractivity contribution is 7.89. The van der Waals surface area contributed by atoms with Gasteiger partial charge in [0.1, 0.15) is 6.54 Å². The van der Waals surface area contributed by atoms with Crippen LogP contribution in [0.3, 0.4) is 0 Å². The van der Waals surface area contributed by atoms with E-state index in [0.29, 0.717) is 18.0 Å². The van der Waals surface area contributed by atoms with Crippen LogP contribution in [0.4, 0.5) is 0 Å². The fourth-order valence-corrected chi connectivity index (χ4v) is 4.54. The summed E-state index contributed by atoms with van der Waals surface area (Å²) in [4.78, 5) is 1.78. The zero-order chi connectivity index (χ0) is 17.2. The van der Waals surface area contributed by atoms with Crippen LogP contribution in [0.5, 0.6) is 0 Å². The molecule has 0 atom stereocenters. The van der Waals surface area contributed by atoms with Crippen LogP contribution >= 0.6 is 11.6 Å². The van der Waals surface area contributed by atoms with E-state index >= 15 is 0 Å². The van der Waals surface area contributed by atoms with Crippen LogP contribution < -0.4 is 4.90 Å². The molecule has 1 heterocycles. The zero-order valence-corrected chi connectivity index (χ0v) is 15.3.